The van der Waals surface area contributed by atoms with Crippen molar-refractivity contribution in [1.82, 2.24) is 4.98 Å². The van der Waals surface area contributed by atoms with Crippen LogP contribution in [0.5, 0.6) is 11.5 Å². The summed E-state index contributed by atoms with van der Waals surface area (Å²) in [5, 5.41) is 12.1. The van der Waals surface area contributed by atoms with E-state index in [0.29, 0.717) is 30.2 Å². The van der Waals surface area contributed by atoms with Gasteiger partial charge in [0.15, 0.2) is 11.5 Å². The first-order chi connectivity index (χ1) is 12.8. The van der Waals surface area contributed by atoms with Crippen LogP contribution in [0.4, 0.5) is 5.82 Å². The molecule has 1 N–H and O–H groups in total. The number of ether oxygens (including phenoxy) is 2. The minimum Gasteiger partial charge on any atom is -0.493 e. The van der Waals surface area contributed by atoms with Gasteiger partial charge >= 0.3 is 0 Å². The van der Waals surface area contributed by atoms with E-state index in [2.05, 4.69) is 16.4 Å². The molecule has 2 aromatic carbocycles. The molecular formula is C21H19N3O2. The van der Waals surface area contributed by atoms with Gasteiger partial charge in [0.1, 0.15) is 12.4 Å². The third kappa shape index (κ3) is 4.52. The van der Waals surface area contributed by atoms with Crippen LogP contribution in [0.1, 0.15) is 16.7 Å². The second kappa shape index (κ2) is 8.54. The standard InChI is InChI=1S/C21H19N3O2/c1-25-20-12-18(14-24-21-4-2-3-11-23-21)9-10-19(20)26-15-17-7-5-16(13-22)6-8-17/h2-12H,14-15H2,1H3,(H,23,24). The van der Waals surface area contributed by atoms with Gasteiger partial charge in [-0.3, -0.25) is 0 Å². The molecule has 0 radical (unpaired) electrons. The van der Waals surface area contributed by atoms with Crippen LogP contribution in [0.15, 0.2) is 66.9 Å². The third-order valence-corrected chi connectivity index (χ3v) is 3.84. The lowest BCUT2D eigenvalue weighted by Gasteiger charge is -2.13. The number of methoxy groups -OCH3 is 1. The Morgan fingerprint density at radius 2 is 1.81 bits per heavy atom. The Hall–Kier alpha value is -3.52. The van der Waals surface area contributed by atoms with Gasteiger partial charge in [-0.15, -0.1) is 0 Å². The van der Waals surface area contributed by atoms with Gasteiger partial charge in [-0.05, 0) is 47.5 Å². The molecule has 0 unspecified atom stereocenters. The Bertz CT molecular complexity index is 887. The average Bonchev–Trinajstić information content (AvgIpc) is 2.72. The summed E-state index contributed by atoms with van der Waals surface area (Å²) in [4.78, 5) is 4.24. The summed E-state index contributed by atoms with van der Waals surface area (Å²) in [6, 6.07) is 21.0. The van der Waals surface area contributed by atoms with Crippen LogP contribution in [-0.4, -0.2) is 12.1 Å². The highest BCUT2D eigenvalue weighted by molar-refractivity contribution is 5.44. The lowest BCUT2D eigenvalue weighted by atomic mass is 10.1. The molecule has 3 rings (SSSR count). The van der Waals surface area contributed by atoms with Crippen LogP contribution in [-0.2, 0) is 13.2 Å². The number of anilines is 1. The summed E-state index contributed by atoms with van der Waals surface area (Å²) >= 11 is 0. The van der Waals surface area contributed by atoms with Gasteiger partial charge < -0.3 is 14.8 Å². The Morgan fingerprint density at radius 1 is 1.00 bits per heavy atom. The second-order valence-corrected chi connectivity index (χ2v) is 5.65. The Morgan fingerprint density at radius 3 is 2.50 bits per heavy atom. The van der Waals surface area contributed by atoms with E-state index in [9.17, 15) is 0 Å². The van der Waals surface area contributed by atoms with E-state index in [1.165, 1.54) is 0 Å². The molecule has 5 nitrogen and oxygen atoms in total. The lowest BCUT2D eigenvalue weighted by molar-refractivity contribution is 0.284. The monoisotopic (exact) mass is 345 g/mol. The van der Waals surface area contributed by atoms with E-state index in [0.717, 1.165) is 16.9 Å². The van der Waals surface area contributed by atoms with Gasteiger partial charge in [0.25, 0.3) is 0 Å². The number of nitriles is 1. The fourth-order valence-corrected chi connectivity index (χ4v) is 2.44. The number of rotatable bonds is 7. The maximum absolute atomic E-state index is 8.84. The van der Waals surface area contributed by atoms with Crippen molar-refractivity contribution in [2.45, 2.75) is 13.2 Å². The highest BCUT2D eigenvalue weighted by atomic mass is 16.5. The Balaban J connectivity index is 1.63. The number of hydrogen-bond donors (Lipinski definition) is 1. The fraction of sp³-hybridized carbons (Fsp3) is 0.143. The normalized spacial score (nSPS) is 10.0. The predicted molar refractivity (Wildman–Crippen MR) is 100 cm³/mol. The molecule has 0 saturated carbocycles. The lowest BCUT2D eigenvalue weighted by Crippen LogP contribution is -2.02. The maximum atomic E-state index is 8.84. The largest absolute Gasteiger partial charge is 0.493 e. The smallest absolute Gasteiger partial charge is 0.161 e. The van der Waals surface area contributed by atoms with Crippen molar-refractivity contribution < 1.29 is 9.47 Å². The second-order valence-electron chi connectivity index (χ2n) is 5.65. The van der Waals surface area contributed by atoms with Crippen LogP contribution in [0.25, 0.3) is 0 Å². The predicted octanol–water partition coefficient (Wildman–Crippen LogP) is 4.15. The van der Waals surface area contributed by atoms with Crippen LogP contribution in [0.2, 0.25) is 0 Å². The topological polar surface area (TPSA) is 67.2 Å². The minimum atomic E-state index is 0.410. The van der Waals surface area contributed by atoms with Gasteiger partial charge in [-0.2, -0.15) is 5.26 Å². The minimum absolute atomic E-state index is 0.410. The van der Waals surface area contributed by atoms with Crippen molar-refractivity contribution in [3.05, 3.63) is 83.6 Å². The molecule has 1 heterocycles. The molecular weight excluding hydrogens is 326 g/mol. The molecule has 130 valence electrons. The molecule has 0 amide bonds. The zero-order valence-corrected chi connectivity index (χ0v) is 14.5. The summed E-state index contributed by atoms with van der Waals surface area (Å²) < 4.78 is 11.3. The van der Waals surface area contributed by atoms with Crippen LogP contribution < -0.4 is 14.8 Å². The Kier molecular flexibility index (Phi) is 5.69. The highest BCUT2D eigenvalue weighted by Gasteiger charge is 2.07. The SMILES string of the molecule is COc1cc(CNc2ccccn2)ccc1OCc1ccc(C#N)cc1. The molecule has 0 aliphatic heterocycles. The molecule has 0 bridgehead atoms. The van der Waals surface area contributed by atoms with E-state index in [4.69, 9.17) is 14.7 Å². The van der Waals surface area contributed by atoms with E-state index in [-0.39, 0.29) is 0 Å². The summed E-state index contributed by atoms with van der Waals surface area (Å²) in [5.74, 6) is 2.19. The van der Waals surface area contributed by atoms with Crippen molar-refractivity contribution in [3.63, 3.8) is 0 Å². The molecule has 26 heavy (non-hydrogen) atoms. The molecule has 3 aromatic rings. The first kappa shape index (κ1) is 17.3. The zero-order chi connectivity index (χ0) is 18.2. The highest BCUT2D eigenvalue weighted by Crippen LogP contribution is 2.29. The number of aromatic nitrogens is 1. The van der Waals surface area contributed by atoms with E-state index in [1.54, 1.807) is 25.4 Å². The van der Waals surface area contributed by atoms with E-state index < -0.39 is 0 Å². The quantitative estimate of drug-likeness (QED) is 0.697. The molecule has 0 saturated heterocycles. The van der Waals surface area contributed by atoms with Gasteiger partial charge in [0.2, 0.25) is 0 Å². The van der Waals surface area contributed by atoms with Crippen molar-refractivity contribution in [2.24, 2.45) is 0 Å². The van der Waals surface area contributed by atoms with E-state index >= 15 is 0 Å². The summed E-state index contributed by atoms with van der Waals surface area (Å²) in [7, 11) is 1.62. The number of pyridine rings is 1. The van der Waals surface area contributed by atoms with Crippen molar-refractivity contribution in [1.29, 1.82) is 5.26 Å². The first-order valence-corrected chi connectivity index (χ1v) is 8.22. The van der Waals surface area contributed by atoms with Crippen molar-refractivity contribution in [3.8, 4) is 17.6 Å². The van der Waals surface area contributed by atoms with Gasteiger partial charge in [-0.25, -0.2) is 4.98 Å². The summed E-state index contributed by atoms with van der Waals surface area (Å²) in [5.41, 5.74) is 2.70. The fourth-order valence-electron chi connectivity index (χ4n) is 2.44. The summed E-state index contributed by atoms with van der Waals surface area (Å²) in [6.07, 6.45) is 1.75. The van der Waals surface area contributed by atoms with E-state index in [1.807, 2.05) is 48.5 Å². The zero-order valence-electron chi connectivity index (χ0n) is 14.5. The molecule has 5 heteroatoms. The number of benzene rings is 2. The molecule has 0 aliphatic carbocycles. The third-order valence-electron chi connectivity index (χ3n) is 3.84. The Labute approximate surface area is 152 Å². The number of hydrogen-bond acceptors (Lipinski definition) is 5. The van der Waals surface area contributed by atoms with Crippen molar-refractivity contribution >= 4 is 5.82 Å². The molecule has 0 fully saturated rings. The van der Waals surface area contributed by atoms with Crippen LogP contribution in [0, 0.1) is 11.3 Å². The number of nitrogens with zero attached hydrogens (tertiary/aromatic N) is 2. The van der Waals surface area contributed by atoms with Gasteiger partial charge in [0.05, 0.1) is 18.7 Å². The van der Waals surface area contributed by atoms with Crippen LogP contribution >= 0.6 is 0 Å². The molecule has 0 aliphatic rings. The molecule has 0 spiro atoms. The maximum Gasteiger partial charge on any atom is 0.161 e. The van der Waals surface area contributed by atoms with Gasteiger partial charge in [-0.1, -0.05) is 24.3 Å². The average molecular weight is 345 g/mol. The van der Waals surface area contributed by atoms with Crippen LogP contribution in [0.3, 0.4) is 0 Å². The van der Waals surface area contributed by atoms with Crippen molar-refractivity contribution in [2.75, 3.05) is 12.4 Å². The number of nitrogens with one attached hydrogen (secondary N) is 1. The molecule has 1 aromatic heterocycles. The summed E-state index contributed by atoms with van der Waals surface area (Å²) in [6.45, 7) is 1.05. The molecule has 0 atom stereocenters. The first-order valence-electron chi connectivity index (χ1n) is 8.22. The van der Waals surface area contributed by atoms with Gasteiger partial charge in [0, 0.05) is 12.7 Å².